The van der Waals surface area contributed by atoms with E-state index in [0.717, 1.165) is 13.8 Å². The Kier molecular flexibility index (Phi) is 18.3. The summed E-state index contributed by atoms with van der Waals surface area (Å²) < 4.78 is 11.6. The molecule has 2 atom stereocenters. The molecule has 0 aliphatic rings. The molecule has 0 aliphatic carbocycles. The molecule has 66 heavy (non-hydrogen) atoms. The number of nitrogens with one attached hydrogen (secondary N) is 4. The van der Waals surface area contributed by atoms with Crippen molar-refractivity contribution in [1.82, 2.24) is 0 Å². The lowest BCUT2D eigenvalue weighted by Gasteiger charge is -2.19. The molecule has 342 valence electrons. The zero-order chi connectivity index (χ0) is 47.9. The van der Waals surface area contributed by atoms with Crippen molar-refractivity contribution in [3.63, 3.8) is 0 Å². The van der Waals surface area contributed by atoms with Crippen molar-refractivity contribution in [3.8, 4) is 11.5 Å². The van der Waals surface area contributed by atoms with Gasteiger partial charge in [-0.2, -0.15) is 20.5 Å². The maximum absolute atomic E-state index is 13.7. The first kappa shape index (κ1) is 50.3. The lowest BCUT2D eigenvalue weighted by molar-refractivity contribution is -0.127. The molecule has 0 bridgehead atoms. The number of ketones is 2. The van der Waals surface area contributed by atoms with Crippen LogP contribution in [-0.4, -0.2) is 60.5 Å². The van der Waals surface area contributed by atoms with Gasteiger partial charge in [-0.25, -0.2) is 0 Å². The molecule has 4 amide bonds. The van der Waals surface area contributed by atoms with Gasteiger partial charge >= 0.3 is 0 Å². The largest absolute Gasteiger partial charge is 0.491 e. The number of ether oxygens (including phenoxy) is 2. The highest BCUT2D eigenvalue weighted by Gasteiger charge is 2.28. The van der Waals surface area contributed by atoms with Crippen molar-refractivity contribution in [2.75, 3.05) is 34.5 Å². The van der Waals surface area contributed by atoms with Crippen LogP contribution in [0.25, 0.3) is 0 Å². The monoisotopic (exact) mass is 974 g/mol. The Labute approximate surface area is 399 Å². The van der Waals surface area contributed by atoms with Gasteiger partial charge in [-0.1, -0.05) is 59.6 Å². The maximum Gasteiger partial charge on any atom is 0.259 e. The van der Waals surface area contributed by atoms with E-state index in [1.807, 2.05) is 0 Å². The average molecular weight is 977 g/mol. The van der Waals surface area contributed by atoms with Crippen molar-refractivity contribution >= 4 is 116 Å². The zero-order valence-corrected chi connectivity index (χ0v) is 38.8. The molecular weight excluding hydrogens is 934 g/mol. The van der Waals surface area contributed by atoms with Crippen LogP contribution in [0, 0.1) is 0 Å². The molecule has 16 nitrogen and oxygen atoms in total. The molecule has 0 saturated heterocycles. The number of nitrogens with zero attached hydrogens (tertiary/aromatic N) is 4. The lowest BCUT2D eigenvalue weighted by atomic mass is 10.1. The molecule has 0 heterocycles. The molecule has 0 aliphatic heterocycles. The first-order valence-corrected chi connectivity index (χ1v) is 21.9. The minimum atomic E-state index is -1.68. The van der Waals surface area contributed by atoms with E-state index in [1.54, 1.807) is 62.4 Å². The van der Waals surface area contributed by atoms with Gasteiger partial charge in [0.2, 0.25) is 12.1 Å². The molecular formula is C46H42Cl4N8O8. The number of carbonyl (C=O) groups is 6. The third-order valence-corrected chi connectivity index (χ3v) is 10.1. The first-order chi connectivity index (χ1) is 31.6. The lowest BCUT2D eigenvalue weighted by Crippen LogP contribution is -2.32. The number of halogens is 4. The van der Waals surface area contributed by atoms with Crippen molar-refractivity contribution in [2.24, 2.45) is 20.5 Å². The molecule has 0 aromatic heterocycles. The summed E-state index contributed by atoms with van der Waals surface area (Å²) in [7, 11) is 0. The summed E-state index contributed by atoms with van der Waals surface area (Å²) in [6, 6.07) is 21.8. The summed E-state index contributed by atoms with van der Waals surface area (Å²) in [6.07, 6.45) is 0. The topological polar surface area (TPSA) is 218 Å². The summed E-state index contributed by atoms with van der Waals surface area (Å²) >= 11 is 24.7. The summed E-state index contributed by atoms with van der Waals surface area (Å²) in [6.45, 7) is 5.83. The van der Waals surface area contributed by atoms with Gasteiger partial charge in [0.25, 0.3) is 23.6 Å². The number of benzene rings is 5. The molecule has 2 unspecified atom stereocenters. The predicted octanol–water partition coefficient (Wildman–Crippen LogP) is 11.1. The molecule has 5 aromatic rings. The van der Waals surface area contributed by atoms with E-state index in [-0.39, 0.29) is 80.4 Å². The van der Waals surface area contributed by atoms with Crippen LogP contribution in [-0.2, 0) is 30.9 Å². The molecule has 4 N–H and O–H groups in total. The third-order valence-electron chi connectivity index (χ3n) is 9.13. The van der Waals surface area contributed by atoms with Crippen LogP contribution in [0.5, 0.6) is 11.5 Å². The number of hydrogen-bond acceptors (Lipinski definition) is 12. The second-order valence-electron chi connectivity index (χ2n) is 14.0. The van der Waals surface area contributed by atoms with Crippen molar-refractivity contribution in [1.29, 1.82) is 0 Å². The van der Waals surface area contributed by atoms with Crippen molar-refractivity contribution < 1.29 is 38.2 Å². The number of amides is 4. The van der Waals surface area contributed by atoms with Gasteiger partial charge in [0, 0.05) is 62.1 Å². The smallest absolute Gasteiger partial charge is 0.259 e. The van der Waals surface area contributed by atoms with Crippen molar-refractivity contribution in [2.45, 2.75) is 51.5 Å². The average Bonchev–Trinajstić information content (AvgIpc) is 3.27. The second kappa shape index (κ2) is 24.0. The molecule has 20 heteroatoms. The summed E-state index contributed by atoms with van der Waals surface area (Å²) in [5, 5.41) is 27.2. The number of anilines is 4. The van der Waals surface area contributed by atoms with E-state index in [2.05, 4.69) is 41.7 Å². The molecule has 0 fully saturated rings. The second-order valence-corrected chi connectivity index (χ2v) is 15.4. The molecule has 5 aromatic carbocycles. The van der Waals surface area contributed by atoms with E-state index in [4.69, 9.17) is 55.9 Å². The highest BCUT2D eigenvalue weighted by molar-refractivity contribution is 6.32. The van der Waals surface area contributed by atoms with E-state index in [0.29, 0.717) is 22.5 Å². The highest BCUT2D eigenvalue weighted by Crippen LogP contribution is 2.39. The Morgan fingerprint density at radius 2 is 0.970 bits per heavy atom. The molecule has 0 radical (unpaired) electrons. The van der Waals surface area contributed by atoms with Crippen LogP contribution in [0.3, 0.4) is 0 Å². The SMILES string of the molecule is CCOc1cc(NC(=O)C(N=Nc2cc(Cl)cc(C(=O)Nc3ccccc3CCl)c2)C(C)=O)cc(OCC)c1NC(=O)C(N=Nc1cc(Cl)cc(C(=O)Nc2ccccc2CCl)c1)C(C)=O. The Hall–Kier alpha value is -6.72. The number of hydrogen-bond donors (Lipinski definition) is 4. The number of Topliss-reactive ketones (excluding diaryl/α,β-unsaturated/α-hetero) is 2. The fourth-order valence-corrected chi connectivity index (χ4v) is 6.97. The van der Waals surface area contributed by atoms with E-state index in [9.17, 15) is 28.8 Å². The van der Waals surface area contributed by atoms with E-state index < -0.39 is 47.3 Å². The Morgan fingerprint density at radius 1 is 0.561 bits per heavy atom. The molecule has 0 spiro atoms. The quantitative estimate of drug-likeness (QED) is 0.0333. The van der Waals surface area contributed by atoms with Gasteiger partial charge in [-0.05, 0) is 87.4 Å². The van der Waals surface area contributed by atoms with E-state index in [1.165, 1.54) is 48.5 Å². The molecule has 5 rings (SSSR count). The fraction of sp³-hybridized carbons (Fsp3) is 0.217. The zero-order valence-electron chi connectivity index (χ0n) is 35.8. The number of carbonyl (C=O) groups excluding carboxylic acids is 6. The number of rotatable bonds is 20. The highest BCUT2D eigenvalue weighted by atomic mass is 35.5. The van der Waals surface area contributed by atoms with Crippen molar-refractivity contribution in [3.05, 3.63) is 129 Å². The Morgan fingerprint density at radius 3 is 1.36 bits per heavy atom. The van der Waals surface area contributed by atoms with Crippen LogP contribution in [0.15, 0.2) is 118 Å². The third kappa shape index (κ3) is 13.7. The summed E-state index contributed by atoms with van der Waals surface area (Å²) in [5.74, 6) is -3.79. The Bertz CT molecular complexity index is 2690. The van der Waals surface area contributed by atoms with E-state index >= 15 is 0 Å². The maximum atomic E-state index is 13.7. The summed E-state index contributed by atoms with van der Waals surface area (Å²) in [4.78, 5) is 79.2. The van der Waals surface area contributed by atoms with Gasteiger partial charge in [-0.15, -0.1) is 23.2 Å². The first-order valence-electron chi connectivity index (χ1n) is 20.0. The predicted molar refractivity (Wildman–Crippen MR) is 255 cm³/mol. The van der Waals surface area contributed by atoms with Gasteiger partial charge in [0.1, 0.15) is 17.2 Å². The van der Waals surface area contributed by atoms with Gasteiger partial charge in [-0.3, -0.25) is 28.8 Å². The van der Waals surface area contributed by atoms with Gasteiger partial charge in [0.15, 0.2) is 11.6 Å². The summed E-state index contributed by atoms with van der Waals surface area (Å²) in [5.41, 5.74) is 2.91. The van der Waals surface area contributed by atoms with Crippen LogP contribution >= 0.6 is 46.4 Å². The van der Waals surface area contributed by atoms with Crippen LogP contribution < -0.4 is 30.7 Å². The van der Waals surface area contributed by atoms with Gasteiger partial charge in [0.05, 0.1) is 24.6 Å². The van der Waals surface area contributed by atoms with Crippen LogP contribution in [0.1, 0.15) is 59.5 Å². The normalized spacial score (nSPS) is 12.0. The minimum Gasteiger partial charge on any atom is -0.491 e. The molecule has 0 saturated carbocycles. The fourth-order valence-electron chi connectivity index (χ4n) is 6.04. The van der Waals surface area contributed by atoms with Crippen LogP contribution in [0.2, 0.25) is 10.0 Å². The number of para-hydroxylation sites is 2. The Balaban J connectivity index is 1.35. The van der Waals surface area contributed by atoms with Gasteiger partial charge < -0.3 is 30.7 Å². The van der Waals surface area contributed by atoms with Crippen LogP contribution in [0.4, 0.5) is 34.1 Å². The standard InChI is InChI=1S/C46H42Cl4N8O8/c1-5-65-38-21-33(51-45(63)40(25(3)59)57-55-34-17-29(15-31(49)19-34)43(61)52-36-13-9-7-11-27(36)23-47)22-39(66-6-2)42(38)54-46(64)41(26(4)60)58-56-35-18-30(16-32(50)20-35)44(62)53-37-14-10-8-12-28(37)24-48/h7-22,40-41H,5-6,23-24H2,1-4H3,(H,51,63)(H,52,61)(H,53,62)(H,54,64). The number of azo groups is 2. The number of alkyl halides is 2. The minimum absolute atomic E-state index is 0.00293.